The molecule has 1 atom stereocenters. The van der Waals surface area contributed by atoms with Crippen molar-refractivity contribution in [1.29, 1.82) is 5.26 Å². The van der Waals surface area contributed by atoms with Crippen molar-refractivity contribution in [2.24, 2.45) is 5.41 Å². The Morgan fingerprint density at radius 1 is 1.14 bits per heavy atom. The molecule has 28 heavy (non-hydrogen) atoms. The number of carbonyl (C=O) groups is 2. The Balaban J connectivity index is 2.25. The number of ether oxygens (including phenoxy) is 1. The summed E-state index contributed by atoms with van der Waals surface area (Å²) in [6.45, 7) is 3.47. The molecule has 0 aliphatic heterocycles. The molecule has 1 amide bonds. The topological polar surface area (TPSA) is 120 Å². The van der Waals surface area contributed by atoms with Crippen LogP contribution >= 0.6 is 0 Å². The van der Waals surface area contributed by atoms with Gasteiger partial charge in [-0.15, -0.1) is 0 Å². The van der Waals surface area contributed by atoms with Crippen LogP contribution in [-0.2, 0) is 9.53 Å². The Labute approximate surface area is 162 Å². The molecule has 2 aromatic rings. The Morgan fingerprint density at radius 2 is 1.75 bits per heavy atom. The molecule has 7 nitrogen and oxygen atoms in total. The molecule has 144 valence electrons. The molecule has 3 N–H and O–H groups in total. The smallest absolute Gasteiger partial charge is 0.412 e. The van der Waals surface area contributed by atoms with Gasteiger partial charge in [-0.05, 0) is 42.0 Å². The van der Waals surface area contributed by atoms with E-state index in [1.165, 1.54) is 18.2 Å². The van der Waals surface area contributed by atoms with Crippen LogP contribution in [0.4, 0.5) is 10.5 Å². The molecule has 0 spiro atoms. The molecule has 0 heterocycles. The zero-order chi connectivity index (χ0) is 20.7. The Hall–Kier alpha value is -3.79. The number of carboxylic acid groups (broad SMARTS) is 1. The lowest BCUT2D eigenvalue weighted by atomic mass is 9.82. The van der Waals surface area contributed by atoms with Gasteiger partial charge in [0, 0.05) is 17.2 Å². The van der Waals surface area contributed by atoms with E-state index in [9.17, 15) is 14.7 Å². The van der Waals surface area contributed by atoms with E-state index in [-0.39, 0.29) is 5.75 Å². The summed E-state index contributed by atoms with van der Waals surface area (Å²) in [6.07, 6.45) is 0.888. The third-order valence-corrected chi connectivity index (χ3v) is 4.01. The summed E-state index contributed by atoms with van der Waals surface area (Å²) in [5.74, 6) is -1.05. The van der Waals surface area contributed by atoms with Gasteiger partial charge in [0.05, 0.1) is 11.6 Å². The van der Waals surface area contributed by atoms with Crippen molar-refractivity contribution in [1.82, 2.24) is 0 Å². The number of carbonyl (C=O) groups excluding carboxylic acids is 1. The summed E-state index contributed by atoms with van der Waals surface area (Å²) < 4.78 is 5.59. The number of anilines is 1. The van der Waals surface area contributed by atoms with Gasteiger partial charge in [-0.1, -0.05) is 32.1 Å². The molecule has 2 rings (SSSR count). The van der Waals surface area contributed by atoms with Gasteiger partial charge in [-0.3, -0.25) is 5.32 Å². The van der Waals surface area contributed by atoms with Crippen LogP contribution in [0.25, 0.3) is 0 Å². The Bertz CT molecular complexity index is 909. The second-order valence-electron chi connectivity index (χ2n) is 6.68. The molecular formula is C21H20N2O5. The second kappa shape index (κ2) is 8.73. The number of hydrogen-bond donors (Lipinski definition) is 3. The van der Waals surface area contributed by atoms with Crippen LogP contribution in [0, 0.1) is 16.7 Å². The van der Waals surface area contributed by atoms with Crippen molar-refractivity contribution < 1.29 is 24.5 Å². The number of phenols is 1. The lowest BCUT2D eigenvalue weighted by molar-refractivity contribution is -0.131. The van der Waals surface area contributed by atoms with Gasteiger partial charge >= 0.3 is 12.1 Å². The molecule has 0 aromatic heterocycles. The highest BCUT2D eigenvalue weighted by Crippen LogP contribution is 2.38. The Kier molecular flexibility index (Phi) is 6.40. The average molecular weight is 380 g/mol. The number of rotatable bonds is 6. The van der Waals surface area contributed by atoms with Crippen LogP contribution in [0.15, 0.2) is 60.7 Å². The first-order valence-corrected chi connectivity index (χ1v) is 8.40. The minimum Gasteiger partial charge on any atom is -0.508 e. The maximum atomic E-state index is 12.4. The molecule has 0 bridgehead atoms. The van der Waals surface area contributed by atoms with Crippen molar-refractivity contribution in [2.45, 2.75) is 20.0 Å². The zero-order valence-corrected chi connectivity index (χ0v) is 15.4. The third kappa shape index (κ3) is 5.61. The average Bonchev–Trinajstić information content (AvgIpc) is 2.66. The number of aromatic hydroxyl groups is 1. The monoisotopic (exact) mass is 380 g/mol. The number of amides is 1. The molecule has 7 heteroatoms. The predicted octanol–water partition coefficient (Wildman–Crippen LogP) is 4.22. The largest absolute Gasteiger partial charge is 0.508 e. The summed E-state index contributed by atoms with van der Waals surface area (Å²) in [6, 6.07) is 14.4. The number of hydrogen-bond acceptors (Lipinski definition) is 5. The van der Waals surface area contributed by atoms with E-state index in [4.69, 9.17) is 15.1 Å². The zero-order valence-electron chi connectivity index (χ0n) is 15.4. The Morgan fingerprint density at radius 3 is 2.29 bits per heavy atom. The number of phenolic OH excluding ortho intramolecular Hbond substituents is 1. The predicted molar refractivity (Wildman–Crippen MR) is 103 cm³/mol. The SMILES string of the molecule is CC(C)(/C=C/C(=O)O)[C@H](OC(=O)Nc1ccc(C#N)cc1)c1ccc(O)cc1. The summed E-state index contributed by atoms with van der Waals surface area (Å²) >= 11 is 0. The number of nitrogens with one attached hydrogen (secondary N) is 1. The van der Waals surface area contributed by atoms with Gasteiger partial charge in [0.15, 0.2) is 0 Å². The van der Waals surface area contributed by atoms with Crippen LogP contribution in [0.1, 0.15) is 31.1 Å². The van der Waals surface area contributed by atoms with E-state index in [0.29, 0.717) is 16.8 Å². The second-order valence-corrected chi connectivity index (χ2v) is 6.68. The molecule has 0 aliphatic rings. The standard InChI is InChI=1S/C21H20N2O5/c1-21(2,12-11-18(25)26)19(15-5-9-17(24)10-6-15)28-20(27)23-16-7-3-14(13-22)4-8-16/h3-12,19,24H,1-2H3,(H,23,27)(H,25,26)/b12-11+/t19-/m1/s1. The van der Waals surface area contributed by atoms with E-state index in [1.807, 2.05) is 6.07 Å². The molecule has 0 fully saturated rings. The summed E-state index contributed by atoms with van der Waals surface area (Å²) in [7, 11) is 0. The molecular weight excluding hydrogens is 360 g/mol. The highest BCUT2D eigenvalue weighted by Gasteiger charge is 2.32. The van der Waals surface area contributed by atoms with Crippen molar-refractivity contribution >= 4 is 17.7 Å². The fraction of sp³-hybridized carbons (Fsp3) is 0.190. The van der Waals surface area contributed by atoms with Gasteiger partial charge in [0.1, 0.15) is 11.9 Å². The number of benzene rings is 2. The van der Waals surface area contributed by atoms with E-state index in [2.05, 4.69) is 5.32 Å². The summed E-state index contributed by atoms with van der Waals surface area (Å²) in [5, 5.41) is 29.8. The van der Waals surface area contributed by atoms with Gasteiger partial charge in [0.25, 0.3) is 0 Å². The van der Waals surface area contributed by atoms with E-state index in [0.717, 1.165) is 6.08 Å². The van der Waals surface area contributed by atoms with Crippen molar-refractivity contribution in [3.63, 3.8) is 0 Å². The number of carboxylic acids is 1. The summed E-state index contributed by atoms with van der Waals surface area (Å²) in [4.78, 5) is 23.3. The fourth-order valence-corrected chi connectivity index (χ4v) is 2.55. The molecule has 0 radical (unpaired) electrons. The molecule has 0 saturated carbocycles. The fourth-order valence-electron chi connectivity index (χ4n) is 2.55. The first kappa shape index (κ1) is 20.5. The van der Waals surface area contributed by atoms with Crippen molar-refractivity contribution in [2.75, 3.05) is 5.32 Å². The molecule has 2 aromatic carbocycles. The van der Waals surface area contributed by atoms with Crippen molar-refractivity contribution in [3.05, 3.63) is 71.8 Å². The lowest BCUT2D eigenvalue weighted by Gasteiger charge is -2.31. The third-order valence-electron chi connectivity index (χ3n) is 4.01. The van der Waals surface area contributed by atoms with Crippen molar-refractivity contribution in [3.8, 4) is 11.8 Å². The molecule has 0 aliphatic carbocycles. The number of nitrogens with zero attached hydrogens (tertiary/aromatic N) is 1. The first-order chi connectivity index (χ1) is 13.2. The number of nitriles is 1. The van der Waals surface area contributed by atoms with Gasteiger partial charge in [-0.2, -0.15) is 5.26 Å². The van der Waals surface area contributed by atoms with E-state index in [1.54, 1.807) is 50.2 Å². The van der Waals surface area contributed by atoms with Crippen LogP contribution in [0.3, 0.4) is 0 Å². The molecule has 0 saturated heterocycles. The minimum absolute atomic E-state index is 0.0587. The maximum absolute atomic E-state index is 12.4. The quantitative estimate of drug-likeness (QED) is 0.646. The summed E-state index contributed by atoms with van der Waals surface area (Å²) in [5.41, 5.74) is 0.651. The van der Waals surface area contributed by atoms with Crippen LogP contribution in [-0.4, -0.2) is 22.3 Å². The van der Waals surface area contributed by atoms with E-state index < -0.39 is 23.6 Å². The van der Waals surface area contributed by atoms with E-state index >= 15 is 0 Å². The van der Waals surface area contributed by atoms with Crippen LogP contribution in [0.5, 0.6) is 5.75 Å². The normalized spacial score (nSPS) is 12.2. The highest BCUT2D eigenvalue weighted by molar-refractivity contribution is 5.85. The van der Waals surface area contributed by atoms with Crippen LogP contribution in [0.2, 0.25) is 0 Å². The highest BCUT2D eigenvalue weighted by atomic mass is 16.6. The van der Waals surface area contributed by atoms with Gasteiger partial charge in [0.2, 0.25) is 0 Å². The van der Waals surface area contributed by atoms with Gasteiger partial charge < -0.3 is 14.9 Å². The maximum Gasteiger partial charge on any atom is 0.412 e. The number of aliphatic carboxylic acids is 1. The lowest BCUT2D eigenvalue weighted by Crippen LogP contribution is -2.27. The minimum atomic E-state index is -1.11. The van der Waals surface area contributed by atoms with Crippen LogP contribution < -0.4 is 5.32 Å². The van der Waals surface area contributed by atoms with Gasteiger partial charge in [-0.25, -0.2) is 9.59 Å². The first-order valence-electron chi connectivity index (χ1n) is 8.40. The molecule has 0 unspecified atom stereocenters.